The Bertz CT molecular complexity index is 380. The molecule has 0 aliphatic heterocycles. The first-order chi connectivity index (χ1) is 8.08. The number of carbonyl (C=O) groups is 1. The number of hydrogen-bond donors (Lipinski definition) is 1. The summed E-state index contributed by atoms with van der Waals surface area (Å²) in [6, 6.07) is 7.46. The average Bonchev–Trinajstić information content (AvgIpc) is 2.36. The summed E-state index contributed by atoms with van der Waals surface area (Å²) in [4.78, 5) is 12.1. The van der Waals surface area contributed by atoms with Gasteiger partial charge in [-0.3, -0.25) is 4.79 Å². The Hall–Kier alpha value is -0.730. The molecule has 0 radical (unpaired) electrons. The van der Waals surface area contributed by atoms with Crippen LogP contribution in [0.2, 0.25) is 0 Å². The van der Waals surface area contributed by atoms with Gasteiger partial charge in [0.1, 0.15) is 0 Å². The molecule has 0 spiro atoms. The van der Waals surface area contributed by atoms with Crippen LogP contribution in [0, 0.1) is 6.92 Å². The van der Waals surface area contributed by atoms with Gasteiger partial charge in [-0.15, -0.1) is 23.2 Å². The van der Waals surface area contributed by atoms with E-state index in [0.29, 0.717) is 23.7 Å². The summed E-state index contributed by atoms with van der Waals surface area (Å²) in [5, 5.41) is 2.93. The maximum Gasteiger partial charge on any atom is 0.252 e. The fourth-order valence-electron chi connectivity index (χ4n) is 1.52. The van der Waals surface area contributed by atoms with Gasteiger partial charge < -0.3 is 5.32 Å². The van der Waals surface area contributed by atoms with Gasteiger partial charge in [0.15, 0.2) is 0 Å². The SMILES string of the molecule is CCC(CCl)(CCl)NC(=O)c1ccccc1C. The molecule has 17 heavy (non-hydrogen) atoms. The smallest absolute Gasteiger partial charge is 0.252 e. The number of carbonyl (C=O) groups excluding carboxylic acids is 1. The van der Waals surface area contributed by atoms with Crippen molar-refractivity contribution < 1.29 is 4.79 Å². The third-order valence-electron chi connectivity index (χ3n) is 2.96. The van der Waals surface area contributed by atoms with Crippen molar-refractivity contribution >= 4 is 29.1 Å². The van der Waals surface area contributed by atoms with E-state index in [-0.39, 0.29) is 5.91 Å². The van der Waals surface area contributed by atoms with Gasteiger partial charge >= 0.3 is 0 Å². The molecule has 1 amide bonds. The molecule has 0 aliphatic carbocycles. The average molecular weight is 274 g/mol. The van der Waals surface area contributed by atoms with Crippen LogP contribution in [0.15, 0.2) is 24.3 Å². The third kappa shape index (κ3) is 3.36. The number of amides is 1. The van der Waals surface area contributed by atoms with Gasteiger partial charge in [-0.05, 0) is 25.0 Å². The van der Waals surface area contributed by atoms with Crippen LogP contribution in [0.1, 0.15) is 29.3 Å². The number of halogens is 2. The van der Waals surface area contributed by atoms with Gasteiger partial charge in [0.25, 0.3) is 5.91 Å². The minimum Gasteiger partial charge on any atom is -0.344 e. The lowest BCUT2D eigenvalue weighted by molar-refractivity contribution is 0.0913. The van der Waals surface area contributed by atoms with Crippen molar-refractivity contribution in [1.29, 1.82) is 0 Å². The van der Waals surface area contributed by atoms with Crippen LogP contribution in [-0.2, 0) is 0 Å². The van der Waals surface area contributed by atoms with E-state index in [0.717, 1.165) is 5.56 Å². The molecule has 4 heteroatoms. The number of hydrogen-bond acceptors (Lipinski definition) is 1. The Morgan fingerprint density at radius 1 is 1.29 bits per heavy atom. The Morgan fingerprint density at radius 2 is 1.88 bits per heavy atom. The van der Waals surface area contributed by atoms with Crippen molar-refractivity contribution in [3.8, 4) is 0 Å². The highest BCUT2D eigenvalue weighted by molar-refractivity contribution is 6.22. The lowest BCUT2D eigenvalue weighted by Crippen LogP contribution is -2.51. The van der Waals surface area contributed by atoms with E-state index >= 15 is 0 Å². The first-order valence-corrected chi connectivity index (χ1v) is 6.65. The van der Waals surface area contributed by atoms with E-state index in [1.54, 1.807) is 6.07 Å². The highest BCUT2D eigenvalue weighted by Gasteiger charge is 2.28. The molecule has 1 aromatic carbocycles. The van der Waals surface area contributed by atoms with Crippen molar-refractivity contribution in [1.82, 2.24) is 5.32 Å². The molecule has 94 valence electrons. The van der Waals surface area contributed by atoms with Gasteiger partial charge in [0.2, 0.25) is 0 Å². The zero-order chi connectivity index (χ0) is 12.9. The normalized spacial score (nSPS) is 11.3. The molecule has 0 saturated heterocycles. The summed E-state index contributed by atoms with van der Waals surface area (Å²) in [7, 11) is 0. The molecule has 2 nitrogen and oxygen atoms in total. The molecule has 0 saturated carbocycles. The molecule has 1 rings (SSSR count). The van der Waals surface area contributed by atoms with Gasteiger partial charge in [-0.1, -0.05) is 25.1 Å². The van der Waals surface area contributed by atoms with Crippen molar-refractivity contribution in [2.45, 2.75) is 25.8 Å². The van der Waals surface area contributed by atoms with Crippen LogP contribution >= 0.6 is 23.2 Å². The maximum absolute atomic E-state index is 12.1. The Morgan fingerprint density at radius 3 is 2.35 bits per heavy atom. The predicted octanol–water partition coefficient (Wildman–Crippen LogP) is 3.35. The molecule has 0 aromatic heterocycles. The van der Waals surface area contributed by atoms with Crippen LogP contribution in [0.3, 0.4) is 0 Å². The van der Waals surface area contributed by atoms with E-state index in [1.165, 1.54) is 0 Å². The van der Waals surface area contributed by atoms with Gasteiger partial charge in [0.05, 0.1) is 5.54 Å². The highest BCUT2D eigenvalue weighted by atomic mass is 35.5. The molecule has 0 heterocycles. The molecule has 0 aliphatic rings. The molecule has 0 bridgehead atoms. The van der Waals surface area contributed by atoms with Crippen molar-refractivity contribution in [2.24, 2.45) is 0 Å². The second-order valence-corrected chi connectivity index (χ2v) is 4.70. The van der Waals surface area contributed by atoms with E-state index in [2.05, 4.69) is 5.32 Å². The monoisotopic (exact) mass is 273 g/mol. The first kappa shape index (κ1) is 14.3. The number of rotatable bonds is 5. The van der Waals surface area contributed by atoms with Gasteiger partial charge in [-0.25, -0.2) is 0 Å². The summed E-state index contributed by atoms with van der Waals surface area (Å²) in [5.41, 5.74) is 1.09. The van der Waals surface area contributed by atoms with Crippen LogP contribution in [-0.4, -0.2) is 23.2 Å². The molecule has 1 N–H and O–H groups in total. The Labute approximate surface area is 112 Å². The van der Waals surface area contributed by atoms with Gasteiger partial charge in [0, 0.05) is 17.3 Å². The van der Waals surface area contributed by atoms with Crippen LogP contribution in [0.25, 0.3) is 0 Å². The summed E-state index contributed by atoms with van der Waals surface area (Å²) in [6.07, 6.45) is 0.706. The van der Waals surface area contributed by atoms with Crippen molar-refractivity contribution in [3.63, 3.8) is 0 Å². The molecular weight excluding hydrogens is 257 g/mol. The summed E-state index contributed by atoms with van der Waals surface area (Å²) < 4.78 is 0. The van der Waals surface area contributed by atoms with Crippen LogP contribution in [0.5, 0.6) is 0 Å². The molecular formula is C13H17Cl2NO. The molecule has 0 atom stereocenters. The predicted molar refractivity (Wildman–Crippen MR) is 73.1 cm³/mol. The number of nitrogens with one attached hydrogen (secondary N) is 1. The van der Waals surface area contributed by atoms with E-state index in [4.69, 9.17) is 23.2 Å². The Kier molecular flexibility index (Phi) is 5.29. The van der Waals surface area contributed by atoms with Crippen LogP contribution < -0.4 is 5.32 Å². The third-order valence-corrected chi connectivity index (χ3v) is 3.98. The van der Waals surface area contributed by atoms with Crippen LogP contribution in [0.4, 0.5) is 0 Å². The number of benzene rings is 1. The topological polar surface area (TPSA) is 29.1 Å². The minimum atomic E-state index is -0.525. The summed E-state index contributed by atoms with van der Waals surface area (Å²) in [6.45, 7) is 3.87. The van der Waals surface area contributed by atoms with E-state index < -0.39 is 5.54 Å². The summed E-state index contributed by atoms with van der Waals surface area (Å²) in [5.74, 6) is 0.501. The molecule has 0 unspecified atom stereocenters. The fourth-order valence-corrected chi connectivity index (χ4v) is 2.31. The van der Waals surface area contributed by atoms with E-state index in [1.807, 2.05) is 32.0 Å². The minimum absolute atomic E-state index is 0.119. The molecule has 1 aromatic rings. The Balaban J connectivity index is 2.89. The highest BCUT2D eigenvalue weighted by Crippen LogP contribution is 2.17. The second kappa shape index (κ2) is 6.27. The summed E-state index contributed by atoms with van der Waals surface area (Å²) >= 11 is 11.8. The lowest BCUT2D eigenvalue weighted by Gasteiger charge is -2.29. The lowest BCUT2D eigenvalue weighted by atomic mass is 9.99. The standard InChI is InChI=1S/C13H17Cl2NO/c1-3-13(8-14,9-15)16-12(17)11-7-5-4-6-10(11)2/h4-7H,3,8-9H2,1-2H3,(H,16,17). The second-order valence-electron chi connectivity index (χ2n) is 4.17. The number of aryl methyl sites for hydroxylation is 1. The zero-order valence-corrected chi connectivity index (χ0v) is 11.6. The molecule has 0 fully saturated rings. The van der Waals surface area contributed by atoms with E-state index in [9.17, 15) is 4.79 Å². The quantitative estimate of drug-likeness (QED) is 0.820. The van der Waals surface area contributed by atoms with Gasteiger partial charge in [-0.2, -0.15) is 0 Å². The fraction of sp³-hybridized carbons (Fsp3) is 0.462. The number of alkyl halides is 2. The van der Waals surface area contributed by atoms with Crippen molar-refractivity contribution in [2.75, 3.05) is 11.8 Å². The first-order valence-electron chi connectivity index (χ1n) is 5.58. The zero-order valence-electron chi connectivity index (χ0n) is 10.1. The van der Waals surface area contributed by atoms with Crippen molar-refractivity contribution in [3.05, 3.63) is 35.4 Å². The maximum atomic E-state index is 12.1. The largest absolute Gasteiger partial charge is 0.344 e.